The molecule has 0 spiro atoms. The molecule has 15 heavy (non-hydrogen) atoms. The minimum absolute atomic E-state index is 0.581. The molecule has 0 N–H and O–H groups in total. The summed E-state index contributed by atoms with van der Waals surface area (Å²) < 4.78 is 0. The lowest BCUT2D eigenvalue weighted by Crippen LogP contribution is -2.23. The quantitative estimate of drug-likeness (QED) is 0.756. The first-order valence-corrected chi connectivity index (χ1v) is 5.78. The van der Waals surface area contributed by atoms with Crippen molar-refractivity contribution in [1.29, 1.82) is 0 Å². The van der Waals surface area contributed by atoms with Gasteiger partial charge in [0, 0.05) is 11.6 Å². The number of hydrogen-bond acceptors (Lipinski definition) is 1. The predicted octanol–water partition coefficient (Wildman–Crippen LogP) is 3.64. The maximum Gasteiger partial charge on any atom is 0.0406 e. The van der Waals surface area contributed by atoms with Gasteiger partial charge in [-0.2, -0.15) is 0 Å². The average molecular weight is 226 g/mol. The number of hydrogen-bond donors (Lipinski definition) is 0. The molecule has 1 aromatic rings. The first-order valence-electron chi connectivity index (χ1n) is 5.41. The Labute approximate surface area is 98.0 Å². The molecule has 0 fully saturated rings. The van der Waals surface area contributed by atoms with Gasteiger partial charge in [0.1, 0.15) is 0 Å². The molecule has 1 aromatic carbocycles. The molecule has 0 aliphatic rings. The first-order chi connectivity index (χ1) is 7.00. The fourth-order valence-corrected chi connectivity index (χ4v) is 1.93. The molecule has 1 nitrogen and oxygen atoms in total. The molecule has 0 radical (unpaired) electrons. The van der Waals surface area contributed by atoms with E-state index in [-0.39, 0.29) is 0 Å². The van der Waals surface area contributed by atoms with Gasteiger partial charge in [-0.3, -0.25) is 0 Å². The summed E-state index contributed by atoms with van der Waals surface area (Å²) in [4.78, 5) is 2.24. The number of rotatable bonds is 4. The summed E-state index contributed by atoms with van der Waals surface area (Å²) in [7, 11) is 4.23. The maximum absolute atomic E-state index is 5.89. The van der Waals surface area contributed by atoms with E-state index in [4.69, 9.17) is 11.6 Å². The number of likely N-dealkylation sites (N-methyl/N-ethyl adjacent to an activating group) is 1. The highest BCUT2D eigenvalue weighted by Gasteiger charge is 2.16. The Bertz CT molecular complexity index is 290. The van der Waals surface area contributed by atoms with Crippen LogP contribution in [0.25, 0.3) is 0 Å². The molecule has 0 aliphatic heterocycles. The number of nitrogens with zero attached hydrogens (tertiary/aromatic N) is 1. The maximum atomic E-state index is 5.89. The van der Waals surface area contributed by atoms with Gasteiger partial charge in [-0.1, -0.05) is 37.6 Å². The lowest BCUT2D eigenvalue weighted by atomic mass is 9.88. The van der Waals surface area contributed by atoms with Crippen molar-refractivity contribution in [2.45, 2.75) is 19.8 Å². The topological polar surface area (TPSA) is 3.24 Å². The summed E-state index contributed by atoms with van der Waals surface area (Å²) in [6.07, 6.45) is 0. The Morgan fingerprint density at radius 2 is 1.67 bits per heavy atom. The molecule has 1 rings (SSSR count). The molecule has 0 saturated carbocycles. The van der Waals surface area contributed by atoms with Crippen LogP contribution in [-0.4, -0.2) is 25.5 Å². The zero-order valence-electron chi connectivity index (χ0n) is 10.00. The van der Waals surface area contributed by atoms with Crippen molar-refractivity contribution in [3.63, 3.8) is 0 Å². The zero-order chi connectivity index (χ0) is 11.4. The molecule has 0 amide bonds. The van der Waals surface area contributed by atoms with Crippen molar-refractivity contribution in [2.24, 2.45) is 5.92 Å². The van der Waals surface area contributed by atoms with Crippen molar-refractivity contribution in [2.75, 3.05) is 20.6 Å². The molecular weight excluding hydrogens is 206 g/mol. The SMILES string of the molecule is CC(C)[C@@H](CN(C)C)c1ccc(Cl)cc1. The highest BCUT2D eigenvalue weighted by atomic mass is 35.5. The van der Waals surface area contributed by atoms with Crippen LogP contribution in [0, 0.1) is 5.92 Å². The predicted molar refractivity (Wildman–Crippen MR) is 67.6 cm³/mol. The minimum Gasteiger partial charge on any atom is -0.309 e. The normalized spacial score (nSPS) is 13.5. The molecule has 84 valence electrons. The largest absolute Gasteiger partial charge is 0.309 e. The summed E-state index contributed by atoms with van der Waals surface area (Å²) in [5, 5.41) is 0.811. The Kier molecular flexibility index (Phi) is 4.62. The van der Waals surface area contributed by atoms with Crippen molar-refractivity contribution in [1.82, 2.24) is 4.90 Å². The van der Waals surface area contributed by atoms with E-state index < -0.39 is 0 Å². The van der Waals surface area contributed by atoms with Gasteiger partial charge >= 0.3 is 0 Å². The lowest BCUT2D eigenvalue weighted by molar-refractivity contribution is 0.330. The fraction of sp³-hybridized carbons (Fsp3) is 0.538. The second-order valence-corrected chi connectivity index (χ2v) is 5.10. The van der Waals surface area contributed by atoms with Gasteiger partial charge in [-0.25, -0.2) is 0 Å². The molecule has 1 atom stereocenters. The zero-order valence-corrected chi connectivity index (χ0v) is 10.8. The van der Waals surface area contributed by atoms with Crippen molar-refractivity contribution < 1.29 is 0 Å². The van der Waals surface area contributed by atoms with Crippen molar-refractivity contribution in [3.05, 3.63) is 34.9 Å². The summed E-state index contributed by atoms with van der Waals surface area (Å²) in [6, 6.07) is 8.22. The molecule has 2 heteroatoms. The molecule has 0 aliphatic carbocycles. The molecular formula is C13H20ClN. The van der Waals surface area contributed by atoms with Crippen molar-refractivity contribution >= 4 is 11.6 Å². The van der Waals surface area contributed by atoms with Crippen LogP contribution in [0.3, 0.4) is 0 Å². The number of benzene rings is 1. The third-order valence-corrected chi connectivity index (χ3v) is 2.92. The van der Waals surface area contributed by atoms with Crippen LogP contribution in [0.15, 0.2) is 24.3 Å². The number of halogens is 1. The fourth-order valence-electron chi connectivity index (χ4n) is 1.80. The molecule has 0 bridgehead atoms. The van der Waals surface area contributed by atoms with Crippen LogP contribution in [0.1, 0.15) is 25.3 Å². The van der Waals surface area contributed by atoms with Crippen LogP contribution >= 0.6 is 11.6 Å². The Morgan fingerprint density at radius 1 is 1.13 bits per heavy atom. The minimum atomic E-state index is 0.581. The first kappa shape index (κ1) is 12.5. The highest BCUT2D eigenvalue weighted by molar-refractivity contribution is 6.30. The van der Waals surface area contributed by atoms with E-state index >= 15 is 0 Å². The van der Waals surface area contributed by atoms with Crippen LogP contribution in [0.2, 0.25) is 5.02 Å². The molecule has 0 saturated heterocycles. The van der Waals surface area contributed by atoms with Gasteiger partial charge in [-0.05, 0) is 43.6 Å². The highest BCUT2D eigenvalue weighted by Crippen LogP contribution is 2.26. The molecule has 0 aromatic heterocycles. The van der Waals surface area contributed by atoms with Crippen LogP contribution < -0.4 is 0 Å². The summed E-state index contributed by atoms with van der Waals surface area (Å²) in [5.74, 6) is 1.23. The van der Waals surface area contributed by atoms with Gasteiger partial charge in [0.25, 0.3) is 0 Å². The molecule has 0 heterocycles. The third-order valence-electron chi connectivity index (χ3n) is 2.66. The second kappa shape index (κ2) is 5.53. The Balaban J connectivity index is 2.84. The smallest absolute Gasteiger partial charge is 0.0406 e. The van der Waals surface area contributed by atoms with Crippen LogP contribution in [0.4, 0.5) is 0 Å². The van der Waals surface area contributed by atoms with Gasteiger partial charge in [0.05, 0.1) is 0 Å². The van der Waals surface area contributed by atoms with E-state index in [0.717, 1.165) is 11.6 Å². The van der Waals surface area contributed by atoms with Gasteiger partial charge in [-0.15, -0.1) is 0 Å². The summed E-state index contributed by atoms with van der Waals surface area (Å²) in [6.45, 7) is 5.62. The van der Waals surface area contributed by atoms with Crippen LogP contribution in [-0.2, 0) is 0 Å². The second-order valence-electron chi connectivity index (χ2n) is 4.66. The van der Waals surface area contributed by atoms with Gasteiger partial charge in [0.15, 0.2) is 0 Å². The van der Waals surface area contributed by atoms with Crippen LogP contribution in [0.5, 0.6) is 0 Å². The van der Waals surface area contributed by atoms with E-state index in [1.165, 1.54) is 5.56 Å². The standard InChI is InChI=1S/C13H20ClN/c1-10(2)13(9-15(3)4)11-5-7-12(14)8-6-11/h5-8,10,13H,9H2,1-4H3/t13-/m1/s1. The van der Waals surface area contributed by atoms with E-state index in [1.54, 1.807) is 0 Å². The van der Waals surface area contributed by atoms with Crippen molar-refractivity contribution in [3.8, 4) is 0 Å². The Morgan fingerprint density at radius 3 is 2.07 bits per heavy atom. The Hall–Kier alpha value is -0.530. The van der Waals surface area contributed by atoms with E-state index in [9.17, 15) is 0 Å². The third kappa shape index (κ3) is 3.84. The van der Waals surface area contributed by atoms with E-state index in [1.807, 2.05) is 12.1 Å². The average Bonchev–Trinajstić information content (AvgIpc) is 2.15. The van der Waals surface area contributed by atoms with E-state index in [0.29, 0.717) is 11.8 Å². The monoisotopic (exact) mass is 225 g/mol. The molecule has 0 unspecified atom stereocenters. The van der Waals surface area contributed by atoms with Gasteiger partial charge < -0.3 is 4.90 Å². The summed E-state index contributed by atoms with van der Waals surface area (Å²) in [5.41, 5.74) is 1.38. The lowest BCUT2D eigenvalue weighted by Gasteiger charge is -2.25. The summed E-state index contributed by atoms with van der Waals surface area (Å²) >= 11 is 5.89. The van der Waals surface area contributed by atoms with E-state index in [2.05, 4.69) is 45.0 Å². The van der Waals surface area contributed by atoms with Gasteiger partial charge in [0.2, 0.25) is 0 Å².